The Bertz CT molecular complexity index is 727. The molecule has 0 bridgehead atoms. The molecule has 25 heavy (non-hydrogen) atoms. The highest BCUT2D eigenvalue weighted by Gasteiger charge is 2.19. The second-order valence-electron chi connectivity index (χ2n) is 6.17. The highest BCUT2D eigenvalue weighted by molar-refractivity contribution is 5.93. The molecule has 1 aromatic carbocycles. The van der Waals surface area contributed by atoms with Gasteiger partial charge in [0, 0.05) is 51.7 Å². The molecule has 1 saturated heterocycles. The number of aromatic nitrogens is 1. The van der Waals surface area contributed by atoms with E-state index in [0.717, 1.165) is 30.8 Å². The van der Waals surface area contributed by atoms with Crippen LogP contribution in [0.25, 0.3) is 0 Å². The van der Waals surface area contributed by atoms with Crippen LogP contribution in [0.3, 0.4) is 0 Å². The highest BCUT2D eigenvalue weighted by atomic mass is 16.2. The molecule has 6 nitrogen and oxygen atoms in total. The third kappa shape index (κ3) is 4.15. The van der Waals surface area contributed by atoms with Gasteiger partial charge in [0.1, 0.15) is 5.69 Å². The molecule has 1 fully saturated rings. The Morgan fingerprint density at radius 3 is 2.56 bits per heavy atom. The Morgan fingerprint density at radius 1 is 1.16 bits per heavy atom. The third-order valence-corrected chi connectivity index (χ3v) is 4.40. The summed E-state index contributed by atoms with van der Waals surface area (Å²) >= 11 is 0. The molecule has 0 unspecified atom stereocenters. The SMILES string of the molecule is CN(Cc1ccccc1)C(=O)c1cc(N2CCN(C=O)CC2)ccn1. The summed E-state index contributed by atoms with van der Waals surface area (Å²) in [6.07, 6.45) is 2.56. The van der Waals surface area contributed by atoms with Crippen molar-refractivity contribution in [2.75, 3.05) is 38.1 Å². The van der Waals surface area contributed by atoms with Gasteiger partial charge in [0.2, 0.25) is 6.41 Å². The van der Waals surface area contributed by atoms with Gasteiger partial charge in [0.15, 0.2) is 0 Å². The molecule has 2 aromatic rings. The second-order valence-corrected chi connectivity index (χ2v) is 6.17. The van der Waals surface area contributed by atoms with E-state index in [1.807, 2.05) is 42.5 Å². The van der Waals surface area contributed by atoms with Crippen molar-refractivity contribution >= 4 is 18.0 Å². The van der Waals surface area contributed by atoms with Gasteiger partial charge in [-0.1, -0.05) is 30.3 Å². The first kappa shape index (κ1) is 17.0. The molecule has 2 amide bonds. The molecule has 2 heterocycles. The summed E-state index contributed by atoms with van der Waals surface area (Å²) in [7, 11) is 1.78. The van der Waals surface area contributed by atoms with Crippen molar-refractivity contribution in [3.8, 4) is 0 Å². The van der Waals surface area contributed by atoms with E-state index in [1.54, 1.807) is 23.0 Å². The second kappa shape index (κ2) is 7.79. The highest BCUT2D eigenvalue weighted by Crippen LogP contribution is 2.17. The topological polar surface area (TPSA) is 56.8 Å². The Hall–Kier alpha value is -2.89. The van der Waals surface area contributed by atoms with Gasteiger partial charge in [0.05, 0.1) is 0 Å². The number of benzene rings is 1. The fourth-order valence-electron chi connectivity index (χ4n) is 2.94. The molecule has 1 aromatic heterocycles. The Morgan fingerprint density at radius 2 is 1.88 bits per heavy atom. The van der Waals surface area contributed by atoms with E-state index in [-0.39, 0.29) is 5.91 Å². The van der Waals surface area contributed by atoms with E-state index in [0.29, 0.717) is 25.3 Å². The molecule has 0 atom stereocenters. The Labute approximate surface area is 147 Å². The van der Waals surface area contributed by atoms with Crippen molar-refractivity contribution in [1.82, 2.24) is 14.8 Å². The van der Waals surface area contributed by atoms with Crippen molar-refractivity contribution in [3.05, 3.63) is 59.9 Å². The quantitative estimate of drug-likeness (QED) is 0.778. The van der Waals surface area contributed by atoms with E-state index in [4.69, 9.17) is 0 Å². The fourth-order valence-corrected chi connectivity index (χ4v) is 2.94. The van der Waals surface area contributed by atoms with Gasteiger partial charge in [-0.2, -0.15) is 0 Å². The standard InChI is InChI=1S/C19H22N4O2/c1-21(14-16-5-3-2-4-6-16)19(25)18-13-17(7-8-20-18)23-11-9-22(15-24)10-12-23/h2-8,13,15H,9-12,14H2,1H3. The molecule has 130 valence electrons. The number of carbonyl (C=O) groups is 2. The van der Waals surface area contributed by atoms with Crippen molar-refractivity contribution in [2.24, 2.45) is 0 Å². The maximum atomic E-state index is 12.7. The zero-order chi connectivity index (χ0) is 17.6. The maximum Gasteiger partial charge on any atom is 0.272 e. The predicted octanol–water partition coefficient (Wildman–Crippen LogP) is 1.63. The van der Waals surface area contributed by atoms with Crippen molar-refractivity contribution in [2.45, 2.75) is 6.54 Å². The van der Waals surface area contributed by atoms with Crippen molar-refractivity contribution in [1.29, 1.82) is 0 Å². The van der Waals surface area contributed by atoms with Crippen LogP contribution in [0.1, 0.15) is 16.1 Å². The lowest BCUT2D eigenvalue weighted by molar-refractivity contribution is -0.118. The molecule has 1 aliphatic heterocycles. The number of piperazine rings is 1. The van der Waals surface area contributed by atoms with Crippen LogP contribution >= 0.6 is 0 Å². The van der Waals surface area contributed by atoms with Crippen LogP contribution in [0.4, 0.5) is 5.69 Å². The zero-order valence-corrected chi connectivity index (χ0v) is 14.3. The van der Waals surface area contributed by atoms with Gasteiger partial charge in [-0.15, -0.1) is 0 Å². The van der Waals surface area contributed by atoms with Gasteiger partial charge in [-0.25, -0.2) is 0 Å². The van der Waals surface area contributed by atoms with Gasteiger partial charge < -0.3 is 14.7 Å². The summed E-state index contributed by atoms with van der Waals surface area (Å²) < 4.78 is 0. The fraction of sp³-hybridized carbons (Fsp3) is 0.316. The smallest absolute Gasteiger partial charge is 0.272 e. The molecule has 0 aliphatic carbocycles. The molecule has 0 spiro atoms. The first-order valence-corrected chi connectivity index (χ1v) is 8.37. The summed E-state index contributed by atoms with van der Waals surface area (Å²) in [5.74, 6) is -0.0998. The number of hydrogen-bond acceptors (Lipinski definition) is 4. The largest absolute Gasteiger partial charge is 0.368 e. The Kier molecular flexibility index (Phi) is 5.28. The lowest BCUT2D eigenvalue weighted by Crippen LogP contribution is -2.45. The number of rotatable bonds is 5. The molecular formula is C19H22N4O2. The van der Waals surface area contributed by atoms with Crippen LogP contribution in [0.2, 0.25) is 0 Å². The monoisotopic (exact) mass is 338 g/mol. The third-order valence-electron chi connectivity index (χ3n) is 4.40. The maximum absolute atomic E-state index is 12.7. The molecule has 1 aliphatic rings. The number of hydrogen-bond donors (Lipinski definition) is 0. The number of amides is 2. The molecule has 0 radical (unpaired) electrons. The number of carbonyl (C=O) groups excluding carboxylic acids is 2. The number of anilines is 1. The van der Waals surface area contributed by atoms with Crippen LogP contribution in [0.15, 0.2) is 48.7 Å². The average molecular weight is 338 g/mol. The van der Waals surface area contributed by atoms with Crippen molar-refractivity contribution < 1.29 is 9.59 Å². The minimum Gasteiger partial charge on any atom is -0.368 e. The van der Waals surface area contributed by atoms with Gasteiger partial charge in [0.25, 0.3) is 5.91 Å². The van der Waals surface area contributed by atoms with Crippen LogP contribution in [-0.4, -0.2) is 60.3 Å². The zero-order valence-electron chi connectivity index (χ0n) is 14.3. The number of pyridine rings is 1. The summed E-state index contributed by atoms with van der Waals surface area (Å²) in [6, 6.07) is 13.6. The molecular weight excluding hydrogens is 316 g/mol. The molecule has 3 rings (SSSR count). The summed E-state index contributed by atoms with van der Waals surface area (Å²) in [5.41, 5.74) is 2.49. The van der Waals surface area contributed by atoms with E-state index in [1.165, 1.54) is 0 Å². The summed E-state index contributed by atoms with van der Waals surface area (Å²) in [6.45, 7) is 3.46. The van der Waals surface area contributed by atoms with Gasteiger partial charge in [-0.3, -0.25) is 14.6 Å². The molecule has 6 heteroatoms. The van der Waals surface area contributed by atoms with Gasteiger partial charge in [-0.05, 0) is 17.7 Å². The minimum absolute atomic E-state index is 0.0998. The lowest BCUT2D eigenvalue weighted by Gasteiger charge is -2.34. The molecule has 0 saturated carbocycles. The van der Waals surface area contributed by atoms with E-state index in [2.05, 4.69) is 9.88 Å². The summed E-state index contributed by atoms with van der Waals surface area (Å²) in [5, 5.41) is 0. The van der Waals surface area contributed by atoms with Crippen LogP contribution in [0.5, 0.6) is 0 Å². The van der Waals surface area contributed by atoms with Gasteiger partial charge >= 0.3 is 0 Å². The first-order chi connectivity index (χ1) is 12.2. The first-order valence-electron chi connectivity index (χ1n) is 8.37. The number of nitrogens with zero attached hydrogens (tertiary/aromatic N) is 4. The average Bonchev–Trinajstić information content (AvgIpc) is 2.68. The summed E-state index contributed by atoms with van der Waals surface area (Å²) in [4.78, 5) is 33.3. The minimum atomic E-state index is -0.0998. The van der Waals surface area contributed by atoms with Crippen molar-refractivity contribution in [3.63, 3.8) is 0 Å². The molecule has 0 N–H and O–H groups in total. The van der Waals surface area contributed by atoms with Crippen LogP contribution < -0.4 is 4.90 Å². The Balaban J connectivity index is 1.68. The van der Waals surface area contributed by atoms with Crippen LogP contribution in [-0.2, 0) is 11.3 Å². The normalized spacial score (nSPS) is 14.3. The predicted molar refractivity (Wildman–Crippen MR) is 96.3 cm³/mol. The van der Waals surface area contributed by atoms with E-state index < -0.39 is 0 Å². The lowest BCUT2D eigenvalue weighted by atomic mass is 10.2. The van der Waals surface area contributed by atoms with Crippen LogP contribution in [0, 0.1) is 0 Å². The van der Waals surface area contributed by atoms with E-state index >= 15 is 0 Å². The van der Waals surface area contributed by atoms with E-state index in [9.17, 15) is 9.59 Å².